The molecule has 0 saturated carbocycles. The average molecular weight is 372 g/mol. The molecule has 2 aromatic carbocycles. The minimum absolute atomic E-state index is 0.0157. The van der Waals surface area contributed by atoms with Crippen molar-refractivity contribution in [3.05, 3.63) is 71.5 Å². The zero-order valence-electron chi connectivity index (χ0n) is 15.6. The molecule has 2 aromatic heterocycles. The van der Waals surface area contributed by atoms with E-state index in [2.05, 4.69) is 22.4 Å². The predicted molar refractivity (Wildman–Crippen MR) is 108 cm³/mol. The van der Waals surface area contributed by atoms with Gasteiger partial charge in [-0.25, -0.2) is 4.98 Å². The molecule has 140 valence electrons. The Morgan fingerprint density at radius 3 is 2.93 bits per heavy atom. The van der Waals surface area contributed by atoms with Crippen molar-refractivity contribution in [3.8, 4) is 5.75 Å². The number of furan rings is 1. The van der Waals surface area contributed by atoms with Crippen molar-refractivity contribution in [2.45, 2.75) is 25.3 Å². The topological polar surface area (TPSA) is 64.4 Å². The summed E-state index contributed by atoms with van der Waals surface area (Å²) in [6.07, 6.45) is 3.06. The van der Waals surface area contributed by atoms with E-state index in [-0.39, 0.29) is 17.7 Å². The lowest BCUT2D eigenvalue weighted by atomic mass is 9.88. The predicted octanol–water partition coefficient (Wildman–Crippen LogP) is 4.80. The van der Waals surface area contributed by atoms with E-state index in [4.69, 9.17) is 9.15 Å². The van der Waals surface area contributed by atoms with Crippen LogP contribution in [0.4, 0.5) is 0 Å². The quantitative estimate of drug-likeness (QED) is 0.561. The number of amides is 1. The molecule has 0 unspecified atom stereocenters. The lowest BCUT2D eigenvalue weighted by Crippen LogP contribution is -2.30. The molecular formula is C23H20N2O3. The number of ether oxygens (including phenoxy) is 1. The molecule has 1 aliphatic rings. The third kappa shape index (κ3) is 2.89. The maximum atomic E-state index is 12.8. The Hall–Kier alpha value is -3.34. The third-order valence-corrected chi connectivity index (χ3v) is 5.41. The van der Waals surface area contributed by atoms with Crippen LogP contribution in [0, 0.1) is 0 Å². The monoisotopic (exact) mass is 372 g/mol. The van der Waals surface area contributed by atoms with Crippen LogP contribution in [0.25, 0.3) is 22.0 Å². The number of methoxy groups -OCH3 is 1. The van der Waals surface area contributed by atoms with E-state index in [0.717, 1.165) is 41.3 Å². The van der Waals surface area contributed by atoms with Crippen LogP contribution >= 0.6 is 0 Å². The summed E-state index contributed by atoms with van der Waals surface area (Å²) in [6.45, 7) is 0. The van der Waals surface area contributed by atoms with E-state index in [1.807, 2.05) is 36.4 Å². The van der Waals surface area contributed by atoms with Gasteiger partial charge >= 0.3 is 0 Å². The molecule has 0 bridgehead atoms. The largest absolute Gasteiger partial charge is 0.497 e. The normalized spacial score (nSPS) is 16.1. The van der Waals surface area contributed by atoms with E-state index < -0.39 is 0 Å². The summed E-state index contributed by atoms with van der Waals surface area (Å²) >= 11 is 0. The van der Waals surface area contributed by atoms with Crippen LogP contribution in [0.15, 0.2) is 59.0 Å². The van der Waals surface area contributed by atoms with Gasteiger partial charge in [-0.2, -0.15) is 0 Å². The van der Waals surface area contributed by atoms with Gasteiger partial charge in [0.05, 0.1) is 18.7 Å². The Bertz CT molecular complexity index is 1200. The number of fused-ring (bicyclic) bond motifs is 3. The van der Waals surface area contributed by atoms with Crippen LogP contribution in [-0.4, -0.2) is 18.0 Å². The summed E-state index contributed by atoms with van der Waals surface area (Å²) in [4.78, 5) is 17.4. The average Bonchev–Trinajstić information content (AvgIpc) is 3.15. The molecule has 0 saturated heterocycles. The second-order valence-corrected chi connectivity index (χ2v) is 7.17. The zero-order valence-corrected chi connectivity index (χ0v) is 15.6. The fraction of sp³-hybridized carbons (Fsp3) is 0.217. The number of hydrogen-bond donors (Lipinski definition) is 1. The Balaban J connectivity index is 1.46. The number of carbonyl (C=O) groups excluding carboxylic acids is 1. The molecule has 1 aliphatic carbocycles. The summed E-state index contributed by atoms with van der Waals surface area (Å²) in [5.74, 6) is 0.847. The summed E-state index contributed by atoms with van der Waals surface area (Å²) < 4.78 is 11.0. The van der Waals surface area contributed by atoms with Crippen LogP contribution in [0.3, 0.4) is 0 Å². The lowest BCUT2D eigenvalue weighted by molar-refractivity contribution is 0.0906. The molecule has 5 heteroatoms. The molecule has 0 fully saturated rings. The molecule has 1 atom stereocenters. The van der Waals surface area contributed by atoms with Crippen LogP contribution < -0.4 is 10.1 Å². The number of hydrogen-bond acceptors (Lipinski definition) is 4. The molecule has 0 spiro atoms. The highest BCUT2D eigenvalue weighted by Crippen LogP contribution is 2.30. The fourth-order valence-electron chi connectivity index (χ4n) is 3.99. The molecule has 5 rings (SSSR count). The SMILES string of the molecule is COc1ccc2nc3oc(C(=O)N[C@@H]4CCCc5ccccc54)cc3cc2c1. The van der Waals surface area contributed by atoms with Gasteiger partial charge < -0.3 is 14.5 Å². The molecule has 1 amide bonds. The fourth-order valence-corrected chi connectivity index (χ4v) is 3.99. The van der Waals surface area contributed by atoms with Crippen LogP contribution in [0.2, 0.25) is 0 Å². The highest BCUT2D eigenvalue weighted by atomic mass is 16.5. The van der Waals surface area contributed by atoms with Crippen molar-refractivity contribution < 1.29 is 13.9 Å². The van der Waals surface area contributed by atoms with Crippen LogP contribution in [-0.2, 0) is 6.42 Å². The van der Waals surface area contributed by atoms with Crippen molar-refractivity contribution in [2.75, 3.05) is 7.11 Å². The number of rotatable bonds is 3. The van der Waals surface area contributed by atoms with E-state index in [9.17, 15) is 4.79 Å². The van der Waals surface area contributed by atoms with Gasteiger partial charge in [-0.3, -0.25) is 4.79 Å². The lowest BCUT2D eigenvalue weighted by Gasteiger charge is -2.25. The van der Waals surface area contributed by atoms with Gasteiger partial charge in [-0.05, 0) is 60.7 Å². The first kappa shape index (κ1) is 16.8. The minimum atomic E-state index is -0.207. The number of pyridine rings is 1. The highest BCUT2D eigenvalue weighted by Gasteiger charge is 2.23. The molecular weight excluding hydrogens is 352 g/mol. The number of carbonyl (C=O) groups is 1. The molecule has 0 aliphatic heterocycles. The van der Waals surface area contributed by atoms with Gasteiger partial charge in [0.2, 0.25) is 5.71 Å². The van der Waals surface area contributed by atoms with Crippen molar-refractivity contribution in [1.29, 1.82) is 0 Å². The smallest absolute Gasteiger partial charge is 0.287 e. The van der Waals surface area contributed by atoms with E-state index in [1.165, 1.54) is 11.1 Å². The van der Waals surface area contributed by atoms with E-state index in [1.54, 1.807) is 13.2 Å². The van der Waals surface area contributed by atoms with Gasteiger partial charge in [-0.1, -0.05) is 24.3 Å². The van der Waals surface area contributed by atoms with Gasteiger partial charge in [0.1, 0.15) is 5.75 Å². The molecule has 4 aromatic rings. The Morgan fingerprint density at radius 2 is 2.04 bits per heavy atom. The number of nitrogens with zero attached hydrogens (tertiary/aromatic N) is 1. The first-order valence-electron chi connectivity index (χ1n) is 9.48. The summed E-state index contributed by atoms with van der Waals surface area (Å²) in [5.41, 5.74) is 3.78. The highest BCUT2D eigenvalue weighted by molar-refractivity contribution is 5.98. The van der Waals surface area contributed by atoms with Gasteiger partial charge in [0.25, 0.3) is 5.91 Å². The van der Waals surface area contributed by atoms with E-state index in [0.29, 0.717) is 5.71 Å². The second kappa shape index (κ2) is 6.68. The van der Waals surface area contributed by atoms with Crippen molar-refractivity contribution in [1.82, 2.24) is 10.3 Å². The second-order valence-electron chi connectivity index (χ2n) is 7.17. The minimum Gasteiger partial charge on any atom is -0.497 e. The third-order valence-electron chi connectivity index (χ3n) is 5.41. The first-order chi connectivity index (χ1) is 13.7. The number of benzene rings is 2. The summed E-state index contributed by atoms with van der Waals surface area (Å²) in [5, 5.41) is 4.88. The van der Waals surface area contributed by atoms with Crippen molar-refractivity contribution >= 4 is 27.9 Å². The summed E-state index contributed by atoms with van der Waals surface area (Å²) in [6, 6.07) is 17.7. The summed E-state index contributed by atoms with van der Waals surface area (Å²) in [7, 11) is 1.64. The standard InChI is InChI=1S/C23H20N2O3/c1-27-17-9-10-19-15(12-17)11-16-13-21(28-23(16)25-19)22(26)24-20-8-4-6-14-5-2-3-7-18(14)20/h2-3,5,7,9-13,20H,4,6,8H2,1H3,(H,24,26)/t20-/m1/s1. The molecule has 0 radical (unpaired) electrons. The molecule has 1 N–H and O–H groups in total. The first-order valence-corrected chi connectivity index (χ1v) is 9.48. The van der Waals surface area contributed by atoms with Crippen molar-refractivity contribution in [3.63, 3.8) is 0 Å². The molecule has 2 heterocycles. The number of nitrogens with one attached hydrogen (secondary N) is 1. The van der Waals surface area contributed by atoms with E-state index >= 15 is 0 Å². The van der Waals surface area contributed by atoms with Gasteiger partial charge in [-0.15, -0.1) is 0 Å². The molecule has 5 nitrogen and oxygen atoms in total. The zero-order chi connectivity index (χ0) is 19.1. The maximum Gasteiger partial charge on any atom is 0.287 e. The Labute approximate surface area is 162 Å². The Morgan fingerprint density at radius 1 is 1.14 bits per heavy atom. The molecule has 28 heavy (non-hydrogen) atoms. The Kier molecular flexibility index (Phi) is 4.01. The number of aromatic nitrogens is 1. The van der Waals surface area contributed by atoms with Crippen LogP contribution in [0.1, 0.15) is 40.6 Å². The van der Waals surface area contributed by atoms with Gasteiger partial charge in [0, 0.05) is 10.8 Å². The van der Waals surface area contributed by atoms with Crippen molar-refractivity contribution in [2.24, 2.45) is 0 Å². The van der Waals surface area contributed by atoms with Gasteiger partial charge in [0.15, 0.2) is 5.76 Å². The van der Waals surface area contributed by atoms with Crippen LogP contribution in [0.5, 0.6) is 5.75 Å². The number of aryl methyl sites for hydroxylation is 1. The maximum absolute atomic E-state index is 12.8.